The van der Waals surface area contributed by atoms with E-state index in [0.717, 1.165) is 25.5 Å². The monoisotopic (exact) mass is 141 g/mol. The number of carbonyl (C=O) groups is 1. The molecule has 3 unspecified atom stereocenters. The average molecular weight is 141 g/mol. The van der Waals surface area contributed by atoms with Gasteiger partial charge >= 0.3 is 0 Å². The highest BCUT2D eigenvalue weighted by molar-refractivity contribution is 5.53. The molecule has 0 aromatic heterocycles. The lowest BCUT2D eigenvalue weighted by atomic mass is 9.80. The Balaban J connectivity index is 2.40. The second-order valence-corrected chi connectivity index (χ2v) is 3.35. The minimum absolute atomic E-state index is 0.242. The third-order valence-electron chi connectivity index (χ3n) is 2.49. The lowest BCUT2D eigenvalue weighted by molar-refractivity contribution is -0.112. The number of hydrogen-bond donors (Lipinski definition) is 1. The van der Waals surface area contributed by atoms with Crippen molar-refractivity contribution in [2.24, 2.45) is 17.6 Å². The smallest absolute Gasteiger partial charge is 0.123 e. The van der Waals surface area contributed by atoms with Crippen molar-refractivity contribution < 1.29 is 4.79 Å². The molecule has 0 spiro atoms. The van der Waals surface area contributed by atoms with Gasteiger partial charge in [0.05, 0.1) is 0 Å². The van der Waals surface area contributed by atoms with Gasteiger partial charge in [0, 0.05) is 12.0 Å². The van der Waals surface area contributed by atoms with Crippen molar-refractivity contribution in [1.82, 2.24) is 0 Å². The van der Waals surface area contributed by atoms with Crippen LogP contribution in [0.2, 0.25) is 0 Å². The van der Waals surface area contributed by atoms with E-state index >= 15 is 0 Å². The van der Waals surface area contributed by atoms with Crippen LogP contribution in [0.5, 0.6) is 0 Å². The van der Waals surface area contributed by atoms with Crippen LogP contribution >= 0.6 is 0 Å². The lowest BCUT2D eigenvalue weighted by Gasteiger charge is -2.28. The van der Waals surface area contributed by atoms with Gasteiger partial charge in [-0.05, 0) is 25.2 Å². The maximum atomic E-state index is 10.4. The van der Waals surface area contributed by atoms with E-state index in [-0.39, 0.29) is 12.0 Å². The van der Waals surface area contributed by atoms with Gasteiger partial charge in [-0.25, -0.2) is 0 Å². The summed E-state index contributed by atoms with van der Waals surface area (Å²) in [5.74, 6) is 0.849. The molecule has 58 valence electrons. The van der Waals surface area contributed by atoms with Crippen LogP contribution in [0.1, 0.15) is 26.2 Å². The van der Waals surface area contributed by atoms with Crippen molar-refractivity contribution in [3.8, 4) is 0 Å². The van der Waals surface area contributed by atoms with E-state index in [9.17, 15) is 4.79 Å². The highest BCUT2D eigenvalue weighted by atomic mass is 16.1. The number of hydrogen-bond acceptors (Lipinski definition) is 2. The van der Waals surface area contributed by atoms with Crippen molar-refractivity contribution in [2.75, 3.05) is 0 Å². The first-order valence-electron chi connectivity index (χ1n) is 3.95. The van der Waals surface area contributed by atoms with Crippen LogP contribution in [0.3, 0.4) is 0 Å². The summed E-state index contributed by atoms with van der Waals surface area (Å²) in [5, 5.41) is 0. The van der Waals surface area contributed by atoms with E-state index in [0.29, 0.717) is 5.92 Å². The summed E-state index contributed by atoms with van der Waals surface area (Å²) in [7, 11) is 0. The van der Waals surface area contributed by atoms with Gasteiger partial charge in [-0.15, -0.1) is 0 Å². The number of aldehydes is 1. The fourth-order valence-corrected chi connectivity index (χ4v) is 1.51. The first-order valence-corrected chi connectivity index (χ1v) is 3.95. The first-order chi connectivity index (χ1) is 4.74. The molecule has 0 bridgehead atoms. The summed E-state index contributed by atoms with van der Waals surface area (Å²) in [4.78, 5) is 10.4. The van der Waals surface area contributed by atoms with Gasteiger partial charge in [0.1, 0.15) is 6.29 Å². The van der Waals surface area contributed by atoms with Crippen molar-refractivity contribution >= 4 is 6.29 Å². The molecular weight excluding hydrogens is 126 g/mol. The van der Waals surface area contributed by atoms with Crippen molar-refractivity contribution in [3.63, 3.8) is 0 Å². The summed E-state index contributed by atoms with van der Waals surface area (Å²) < 4.78 is 0. The molecule has 0 aliphatic heterocycles. The van der Waals surface area contributed by atoms with E-state index in [4.69, 9.17) is 5.73 Å². The third kappa shape index (κ3) is 1.57. The molecule has 0 radical (unpaired) electrons. The molecule has 0 heterocycles. The Hall–Kier alpha value is -0.370. The fraction of sp³-hybridized carbons (Fsp3) is 0.875. The first kappa shape index (κ1) is 7.73. The molecular formula is C8H15NO. The van der Waals surface area contributed by atoms with Crippen LogP contribution in [0.25, 0.3) is 0 Å². The molecule has 3 atom stereocenters. The fourth-order valence-electron chi connectivity index (χ4n) is 1.51. The van der Waals surface area contributed by atoms with E-state index in [2.05, 4.69) is 6.92 Å². The summed E-state index contributed by atoms with van der Waals surface area (Å²) in [6.45, 7) is 2.16. The number of carbonyl (C=O) groups excluding carboxylic acids is 1. The molecule has 0 aromatic rings. The molecule has 2 nitrogen and oxygen atoms in total. The Morgan fingerprint density at radius 1 is 1.50 bits per heavy atom. The summed E-state index contributed by atoms with van der Waals surface area (Å²) in [6, 6.07) is 0.254. The van der Waals surface area contributed by atoms with Crippen LogP contribution < -0.4 is 5.73 Å². The molecule has 1 aliphatic carbocycles. The topological polar surface area (TPSA) is 43.1 Å². The van der Waals surface area contributed by atoms with Gasteiger partial charge in [0.2, 0.25) is 0 Å². The standard InChI is InChI=1S/C8H15NO/c1-6-2-3-7(5-10)4-8(6)9/h5-8H,2-4,9H2,1H3. The van der Waals surface area contributed by atoms with Crippen molar-refractivity contribution in [2.45, 2.75) is 32.2 Å². The summed E-state index contributed by atoms with van der Waals surface area (Å²) in [5.41, 5.74) is 5.79. The van der Waals surface area contributed by atoms with Gasteiger partial charge < -0.3 is 10.5 Å². The molecule has 0 aromatic carbocycles. The Morgan fingerprint density at radius 3 is 2.70 bits per heavy atom. The quantitative estimate of drug-likeness (QED) is 0.552. The minimum Gasteiger partial charge on any atom is -0.327 e. The van der Waals surface area contributed by atoms with Gasteiger partial charge in [-0.2, -0.15) is 0 Å². The van der Waals surface area contributed by atoms with Crippen molar-refractivity contribution in [3.05, 3.63) is 0 Å². The molecule has 2 N–H and O–H groups in total. The maximum absolute atomic E-state index is 10.4. The van der Waals surface area contributed by atoms with Gasteiger partial charge in [0.15, 0.2) is 0 Å². The average Bonchev–Trinajstić information content (AvgIpc) is 1.95. The van der Waals surface area contributed by atoms with Gasteiger partial charge in [-0.3, -0.25) is 0 Å². The Labute approximate surface area is 61.8 Å². The molecule has 2 heteroatoms. The largest absolute Gasteiger partial charge is 0.327 e. The Morgan fingerprint density at radius 2 is 2.20 bits per heavy atom. The predicted molar refractivity (Wildman–Crippen MR) is 40.5 cm³/mol. The Bertz CT molecular complexity index is 124. The van der Waals surface area contributed by atoms with Gasteiger partial charge in [0.25, 0.3) is 0 Å². The highest BCUT2D eigenvalue weighted by Crippen LogP contribution is 2.25. The van der Waals surface area contributed by atoms with Crippen LogP contribution in [-0.2, 0) is 4.79 Å². The highest BCUT2D eigenvalue weighted by Gasteiger charge is 2.23. The summed E-state index contributed by atoms with van der Waals surface area (Å²) >= 11 is 0. The molecule has 1 saturated carbocycles. The van der Waals surface area contributed by atoms with Crippen molar-refractivity contribution in [1.29, 1.82) is 0 Å². The van der Waals surface area contributed by atoms with Crippen LogP contribution in [-0.4, -0.2) is 12.3 Å². The third-order valence-corrected chi connectivity index (χ3v) is 2.49. The number of rotatable bonds is 1. The minimum atomic E-state index is 0.242. The van der Waals surface area contributed by atoms with Gasteiger partial charge in [-0.1, -0.05) is 6.92 Å². The second-order valence-electron chi connectivity index (χ2n) is 3.35. The van der Waals surface area contributed by atoms with Crippen LogP contribution in [0.4, 0.5) is 0 Å². The van der Waals surface area contributed by atoms with E-state index in [1.807, 2.05) is 0 Å². The molecule has 1 fully saturated rings. The SMILES string of the molecule is CC1CCC(C=O)CC1N. The molecule has 1 rings (SSSR count). The lowest BCUT2D eigenvalue weighted by Crippen LogP contribution is -2.35. The molecule has 0 amide bonds. The zero-order chi connectivity index (χ0) is 7.56. The van der Waals surface area contributed by atoms with E-state index < -0.39 is 0 Å². The predicted octanol–water partition coefficient (Wildman–Crippen LogP) is 0.949. The zero-order valence-corrected chi connectivity index (χ0v) is 6.42. The second kappa shape index (κ2) is 3.15. The molecule has 0 saturated heterocycles. The zero-order valence-electron chi connectivity index (χ0n) is 6.42. The van der Waals surface area contributed by atoms with Crippen LogP contribution in [0, 0.1) is 11.8 Å². The normalized spacial score (nSPS) is 41.2. The van der Waals surface area contributed by atoms with Crippen LogP contribution in [0.15, 0.2) is 0 Å². The molecule has 1 aliphatic rings. The number of nitrogens with two attached hydrogens (primary N) is 1. The Kier molecular flexibility index (Phi) is 2.44. The summed E-state index contributed by atoms with van der Waals surface area (Å²) in [6.07, 6.45) is 4.10. The van der Waals surface area contributed by atoms with E-state index in [1.54, 1.807) is 0 Å². The maximum Gasteiger partial charge on any atom is 0.123 e. The molecule has 10 heavy (non-hydrogen) atoms. The van der Waals surface area contributed by atoms with E-state index in [1.165, 1.54) is 0 Å².